The number of hydrogen-bond donors (Lipinski definition) is 0. The Morgan fingerprint density at radius 1 is 0.407 bits per heavy atom. The van der Waals surface area contributed by atoms with Crippen LogP contribution in [0.25, 0.3) is 116 Å². The fraction of sp³-hybridized carbons (Fsp3) is 0. The van der Waals surface area contributed by atoms with Crippen molar-refractivity contribution in [1.82, 2.24) is 24.5 Å². The number of para-hydroxylation sites is 3. The predicted octanol–water partition coefficient (Wildman–Crippen LogP) is 13.8. The lowest BCUT2D eigenvalue weighted by Crippen LogP contribution is -2.06. The number of thiophene rings is 1. The van der Waals surface area contributed by atoms with E-state index in [1.54, 1.807) is 11.3 Å². The molecule has 6 nitrogen and oxygen atoms in total. The van der Waals surface area contributed by atoms with E-state index >= 15 is 0 Å². The molecular formula is C52H31N5OS. The van der Waals surface area contributed by atoms with Crippen LogP contribution in [0.15, 0.2) is 192 Å². The van der Waals surface area contributed by atoms with Crippen molar-refractivity contribution in [2.45, 2.75) is 0 Å². The minimum absolute atomic E-state index is 0.557. The molecular weight excluding hydrogens is 743 g/mol. The van der Waals surface area contributed by atoms with Crippen molar-refractivity contribution in [1.29, 1.82) is 0 Å². The standard InChI is InChI=1S/C52H31N5OS/c1-4-15-32(16-5-1)35-27-28-38-37-21-10-12-25-43(37)57(44(38)31-35)52-55-49(34-19-8-3-9-20-34)54-50(56-52)41-23-14-22-39-40-30-29-36(33-17-6-2-7-18-33)46(48(40)59-47(39)41)51-53-42-24-11-13-26-45(42)58-51/h1-31H. The van der Waals surface area contributed by atoms with Crippen LogP contribution in [0.3, 0.4) is 0 Å². The summed E-state index contributed by atoms with van der Waals surface area (Å²) in [5.41, 5.74) is 10.9. The summed E-state index contributed by atoms with van der Waals surface area (Å²) >= 11 is 1.73. The van der Waals surface area contributed by atoms with Crippen LogP contribution in [0.1, 0.15) is 0 Å². The maximum Gasteiger partial charge on any atom is 0.238 e. The largest absolute Gasteiger partial charge is 0.436 e. The van der Waals surface area contributed by atoms with Gasteiger partial charge in [0.1, 0.15) is 5.52 Å². The van der Waals surface area contributed by atoms with Crippen LogP contribution in [0.2, 0.25) is 0 Å². The van der Waals surface area contributed by atoms with E-state index in [4.69, 9.17) is 24.4 Å². The van der Waals surface area contributed by atoms with Gasteiger partial charge in [-0.1, -0.05) is 158 Å². The van der Waals surface area contributed by atoms with E-state index in [0.717, 1.165) is 92.0 Å². The van der Waals surface area contributed by atoms with Gasteiger partial charge in [0, 0.05) is 42.1 Å². The lowest BCUT2D eigenvalue weighted by molar-refractivity contribution is 0.621. The summed E-state index contributed by atoms with van der Waals surface area (Å²) in [4.78, 5) is 20.9. The van der Waals surface area contributed by atoms with Crippen LogP contribution in [0.5, 0.6) is 0 Å². The Bertz CT molecular complexity index is 3520. The van der Waals surface area contributed by atoms with Gasteiger partial charge in [-0.2, -0.15) is 9.97 Å². The second kappa shape index (κ2) is 13.4. The summed E-state index contributed by atoms with van der Waals surface area (Å²) in [5.74, 6) is 2.36. The molecule has 12 aromatic rings. The number of benzene rings is 8. The second-order valence-corrected chi connectivity index (χ2v) is 15.6. The molecule has 0 saturated carbocycles. The highest BCUT2D eigenvalue weighted by molar-refractivity contribution is 7.27. The first kappa shape index (κ1) is 33.4. The molecule has 12 rings (SSSR count). The normalized spacial score (nSPS) is 11.7. The zero-order valence-corrected chi connectivity index (χ0v) is 32.3. The zero-order chi connectivity index (χ0) is 38.9. The molecule has 0 amide bonds. The Labute approximate surface area is 342 Å². The molecule has 0 aliphatic rings. The van der Waals surface area contributed by atoms with E-state index in [-0.39, 0.29) is 0 Å². The van der Waals surface area contributed by atoms with E-state index in [1.165, 1.54) is 0 Å². The van der Waals surface area contributed by atoms with Gasteiger partial charge in [0.25, 0.3) is 0 Å². The van der Waals surface area contributed by atoms with Crippen LogP contribution in [-0.2, 0) is 0 Å². The van der Waals surface area contributed by atoms with E-state index in [0.29, 0.717) is 23.5 Å². The molecule has 0 unspecified atom stereocenters. The third-order valence-electron chi connectivity index (χ3n) is 11.1. The number of aromatic nitrogens is 5. The highest BCUT2D eigenvalue weighted by Gasteiger charge is 2.24. The average molecular weight is 774 g/mol. The molecule has 8 aromatic carbocycles. The summed E-state index contributed by atoms with van der Waals surface area (Å²) in [6.07, 6.45) is 0. The number of oxazole rings is 1. The van der Waals surface area contributed by atoms with Gasteiger partial charge in [-0.05, 0) is 52.6 Å². The monoisotopic (exact) mass is 773 g/mol. The maximum absolute atomic E-state index is 6.52. The minimum Gasteiger partial charge on any atom is -0.436 e. The molecule has 0 aliphatic heterocycles. The molecule has 276 valence electrons. The number of nitrogens with zero attached hydrogens (tertiary/aromatic N) is 5. The smallest absolute Gasteiger partial charge is 0.238 e. The highest BCUT2D eigenvalue weighted by Crippen LogP contribution is 2.47. The van der Waals surface area contributed by atoms with Crippen LogP contribution in [0, 0.1) is 0 Å². The summed E-state index contributed by atoms with van der Waals surface area (Å²) in [5, 5.41) is 4.51. The van der Waals surface area contributed by atoms with E-state index < -0.39 is 0 Å². The average Bonchev–Trinajstić information content (AvgIpc) is 4.01. The van der Waals surface area contributed by atoms with Crippen LogP contribution < -0.4 is 0 Å². The van der Waals surface area contributed by atoms with E-state index in [2.05, 4.69) is 138 Å². The van der Waals surface area contributed by atoms with E-state index in [1.807, 2.05) is 54.6 Å². The lowest BCUT2D eigenvalue weighted by Gasteiger charge is -2.12. The lowest BCUT2D eigenvalue weighted by atomic mass is 9.97. The van der Waals surface area contributed by atoms with Crippen molar-refractivity contribution in [2.24, 2.45) is 0 Å². The van der Waals surface area contributed by atoms with Crippen molar-refractivity contribution in [3.05, 3.63) is 188 Å². The maximum atomic E-state index is 6.52. The molecule has 0 N–H and O–H groups in total. The van der Waals surface area contributed by atoms with Gasteiger partial charge in [-0.25, -0.2) is 9.97 Å². The Kier molecular flexibility index (Phi) is 7.61. The molecule has 7 heteroatoms. The van der Waals surface area contributed by atoms with Gasteiger partial charge in [-0.15, -0.1) is 11.3 Å². The molecule has 0 fully saturated rings. The number of hydrogen-bond acceptors (Lipinski definition) is 6. The molecule has 0 aliphatic carbocycles. The molecule has 4 aromatic heterocycles. The molecule has 59 heavy (non-hydrogen) atoms. The fourth-order valence-corrected chi connectivity index (χ4v) is 9.73. The van der Waals surface area contributed by atoms with Gasteiger partial charge < -0.3 is 4.42 Å². The van der Waals surface area contributed by atoms with Crippen LogP contribution in [-0.4, -0.2) is 24.5 Å². The number of fused-ring (bicyclic) bond motifs is 7. The summed E-state index contributed by atoms with van der Waals surface area (Å²) < 4.78 is 10.9. The van der Waals surface area contributed by atoms with Crippen molar-refractivity contribution < 1.29 is 4.42 Å². The Hall–Kier alpha value is -7.74. The first-order chi connectivity index (χ1) is 29.2. The predicted molar refractivity (Wildman–Crippen MR) is 242 cm³/mol. The summed E-state index contributed by atoms with van der Waals surface area (Å²) in [6, 6.07) is 65.1. The van der Waals surface area contributed by atoms with Gasteiger partial charge in [0.2, 0.25) is 11.8 Å². The molecule has 0 atom stereocenters. The van der Waals surface area contributed by atoms with Crippen LogP contribution in [0.4, 0.5) is 0 Å². The first-order valence-corrected chi connectivity index (χ1v) is 20.4. The van der Waals surface area contributed by atoms with Gasteiger partial charge in [-0.3, -0.25) is 4.57 Å². The number of rotatable bonds is 6. The second-order valence-electron chi connectivity index (χ2n) is 14.6. The van der Waals surface area contributed by atoms with Gasteiger partial charge in [0.05, 0.1) is 16.6 Å². The van der Waals surface area contributed by atoms with Crippen molar-refractivity contribution in [3.63, 3.8) is 0 Å². The zero-order valence-electron chi connectivity index (χ0n) is 31.5. The third-order valence-corrected chi connectivity index (χ3v) is 12.4. The SMILES string of the molecule is c1ccc(-c2ccc3c4ccccc4n(-c4nc(-c5ccccc5)nc(-c5cccc6c5sc5c(-c7nc8ccccc8o7)c(-c7ccccc7)ccc56)n4)c3c2)cc1. The Morgan fingerprint density at radius 2 is 1.05 bits per heavy atom. The van der Waals surface area contributed by atoms with Gasteiger partial charge in [0.15, 0.2) is 17.2 Å². The molecule has 4 heterocycles. The fourth-order valence-electron chi connectivity index (χ4n) is 8.39. The topological polar surface area (TPSA) is 69.6 Å². The minimum atomic E-state index is 0.557. The summed E-state index contributed by atoms with van der Waals surface area (Å²) in [6.45, 7) is 0. The highest BCUT2D eigenvalue weighted by atomic mass is 32.1. The van der Waals surface area contributed by atoms with Gasteiger partial charge >= 0.3 is 0 Å². The Morgan fingerprint density at radius 3 is 1.86 bits per heavy atom. The molecule has 0 bridgehead atoms. The van der Waals surface area contributed by atoms with Crippen LogP contribution >= 0.6 is 11.3 Å². The first-order valence-electron chi connectivity index (χ1n) is 19.6. The quantitative estimate of drug-likeness (QED) is 0.168. The molecule has 0 radical (unpaired) electrons. The van der Waals surface area contributed by atoms with Crippen molar-refractivity contribution in [3.8, 4) is 62.4 Å². The molecule has 0 spiro atoms. The van der Waals surface area contributed by atoms with Crippen molar-refractivity contribution in [2.75, 3.05) is 0 Å². The van der Waals surface area contributed by atoms with Crippen molar-refractivity contribution >= 4 is 64.4 Å². The third kappa shape index (κ3) is 5.47. The molecule has 0 saturated heterocycles. The Balaban J connectivity index is 1.13. The summed E-state index contributed by atoms with van der Waals surface area (Å²) in [7, 11) is 0. The van der Waals surface area contributed by atoms with E-state index in [9.17, 15) is 0 Å².